The second-order valence-corrected chi connectivity index (χ2v) is 7.39. The van der Waals surface area contributed by atoms with Gasteiger partial charge in [-0.15, -0.1) is 0 Å². The summed E-state index contributed by atoms with van der Waals surface area (Å²) in [6.07, 6.45) is 1.43. The topological polar surface area (TPSA) is 110 Å². The Morgan fingerprint density at radius 2 is 1.72 bits per heavy atom. The lowest BCUT2D eigenvalue weighted by atomic mass is 10.1. The summed E-state index contributed by atoms with van der Waals surface area (Å²) in [4.78, 5) is 23.5. The van der Waals surface area contributed by atoms with Gasteiger partial charge in [0.25, 0.3) is 11.2 Å². The molecule has 3 aromatic carbocycles. The molecule has 0 aliphatic rings. The van der Waals surface area contributed by atoms with Crippen LogP contribution in [0.4, 0.5) is 11.4 Å². The molecule has 0 atom stereocenters. The number of pyridine rings is 1. The number of nitro groups is 1. The third-order valence-corrected chi connectivity index (χ3v) is 5.16. The molecule has 4 aromatic rings. The lowest BCUT2D eigenvalue weighted by molar-refractivity contribution is -0.384. The SMILES string of the molecule is Cc1ccc(-n2c(O)c(C=NNc3ccc([N+](=O)[O-])cc3)c3ccccc3c2=O)c(C)c1. The number of nitro benzene ring substituents is 1. The smallest absolute Gasteiger partial charge is 0.269 e. The van der Waals surface area contributed by atoms with Gasteiger partial charge in [0.05, 0.1) is 28.1 Å². The van der Waals surface area contributed by atoms with Gasteiger partial charge in [0, 0.05) is 22.9 Å². The van der Waals surface area contributed by atoms with Crippen molar-refractivity contribution >= 4 is 28.4 Å². The van der Waals surface area contributed by atoms with Crippen LogP contribution in [0.1, 0.15) is 16.7 Å². The number of hydrazone groups is 1. The number of aryl methyl sites for hydroxylation is 2. The van der Waals surface area contributed by atoms with Crippen molar-refractivity contribution in [2.24, 2.45) is 5.10 Å². The van der Waals surface area contributed by atoms with Crippen LogP contribution in [0, 0.1) is 24.0 Å². The molecule has 1 heterocycles. The van der Waals surface area contributed by atoms with Crippen molar-refractivity contribution in [1.29, 1.82) is 0 Å². The molecule has 4 rings (SSSR count). The van der Waals surface area contributed by atoms with Crippen LogP contribution in [0.5, 0.6) is 5.88 Å². The number of aromatic nitrogens is 1. The van der Waals surface area contributed by atoms with Crippen LogP contribution in [0.25, 0.3) is 16.5 Å². The van der Waals surface area contributed by atoms with Crippen LogP contribution < -0.4 is 11.0 Å². The summed E-state index contributed by atoms with van der Waals surface area (Å²) in [6.45, 7) is 3.84. The Kier molecular flexibility index (Phi) is 5.43. The third kappa shape index (κ3) is 3.81. The van der Waals surface area contributed by atoms with Crippen molar-refractivity contribution < 1.29 is 10.0 Å². The van der Waals surface area contributed by atoms with Gasteiger partial charge >= 0.3 is 0 Å². The maximum Gasteiger partial charge on any atom is 0.269 e. The predicted molar refractivity (Wildman–Crippen MR) is 125 cm³/mol. The van der Waals surface area contributed by atoms with Gasteiger partial charge < -0.3 is 5.11 Å². The summed E-state index contributed by atoms with van der Waals surface area (Å²) in [5, 5.41) is 27.1. The molecule has 0 bridgehead atoms. The van der Waals surface area contributed by atoms with Crippen LogP contribution in [-0.2, 0) is 0 Å². The summed E-state index contributed by atoms with van der Waals surface area (Å²) < 4.78 is 1.28. The van der Waals surface area contributed by atoms with Crippen molar-refractivity contribution in [3.05, 3.63) is 104 Å². The normalized spacial score (nSPS) is 11.2. The van der Waals surface area contributed by atoms with E-state index >= 15 is 0 Å². The molecule has 0 aliphatic heterocycles. The number of benzene rings is 3. The van der Waals surface area contributed by atoms with Crippen molar-refractivity contribution in [1.82, 2.24) is 4.57 Å². The number of nitrogens with zero attached hydrogens (tertiary/aromatic N) is 3. The molecule has 8 nitrogen and oxygen atoms in total. The van der Waals surface area contributed by atoms with Crippen LogP contribution in [0.2, 0.25) is 0 Å². The summed E-state index contributed by atoms with van der Waals surface area (Å²) in [5.74, 6) is -0.227. The van der Waals surface area contributed by atoms with Crippen molar-refractivity contribution in [2.75, 3.05) is 5.43 Å². The van der Waals surface area contributed by atoms with Crippen LogP contribution in [0.15, 0.2) is 76.6 Å². The highest BCUT2D eigenvalue weighted by Gasteiger charge is 2.17. The zero-order chi connectivity index (χ0) is 22.8. The Bertz CT molecular complexity index is 1420. The van der Waals surface area contributed by atoms with E-state index in [9.17, 15) is 20.0 Å². The first-order valence-corrected chi connectivity index (χ1v) is 9.84. The first-order chi connectivity index (χ1) is 15.4. The average Bonchev–Trinajstić information content (AvgIpc) is 2.78. The van der Waals surface area contributed by atoms with Crippen LogP contribution in [-0.4, -0.2) is 20.8 Å². The van der Waals surface area contributed by atoms with E-state index in [1.807, 2.05) is 26.0 Å². The number of hydrogen-bond donors (Lipinski definition) is 2. The fraction of sp³-hybridized carbons (Fsp3) is 0.0833. The first kappa shape index (κ1) is 20.8. The highest BCUT2D eigenvalue weighted by atomic mass is 16.6. The van der Waals surface area contributed by atoms with Crippen molar-refractivity contribution in [3.63, 3.8) is 0 Å². The Labute approximate surface area is 183 Å². The number of non-ortho nitro benzene ring substituents is 1. The molecule has 8 heteroatoms. The monoisotopic (exact) mass is 428 g/mol. The van der Waals surface area contributed by atoms with E-state index in [-0.39, 0.29) is 17.1 Å². The maximum atomic E-state index is 13.2. The quantitative estimate of drug-likeness (QED) is 0.273. The van der Waals surface area contributed by atoms with Crippen LogP contribution >= 0.6 is 0 Å². The van der Waals surface area contributed by atoms with Crippen LogP contribution in [0.3, 0.4) is 0 Å². The minimum atomic E-state index is -0.479. The molecule has 0 aliphatic carbocycles. The summed E-state index contributed by atoms with van der Waals surface area (Å²) >= 11 is 0. The molecule has 0 saturated heterocycles. The number of anilines is 1. The van der Waals surface area contributed by atoms with E-state index in [1.54, 1.807) is 30.3 Å². The van der Waals surface area contributed by atoms with Gasteiger partial charge in [0.2, 0.25) is 5.88 Å². The molecule has 0 radical (unpaired) electrons. The fourth-order valence-corrected chi connectivity index (χ4v) is 3.60. The van der Waals surface area contributed by atoms with E-state index < -0.39 is 4.92 Å². The van der Waals surface area contributed by atoms with Gasteiger partial charge in [-0.1, -0.05) is 35.9 Å². The molecule has 32 heavy (non-hydrogen) atoms. The van der Waals surface area contributed by atoms with Gasteiger partial charge in [-0.3, -0.25) is 20.3 Å². The van der Waals surface area contributed by atoms with Gasteiger partial charge in [0.15, 0.2) is 0 Å². The fourth-order valence-electron chi connectivity index (χ4n) is 3.60. The molecule has 0 fully saturated rings. The van der Waals surface area contributed by atoms with E-state index in [4.69, 9.17) is 0 Å². The summed E-state index contributed by atoms with van der Waals surface area (Å²) in [7, 11) is 0. The molecular formula is C24H20N4O4. The largest absolute Gasteiger partial charge is 0.494 e. The predicted octanol–water partition coefficient (Wildman–Crippen LogP) is 4.67. The lowest BCUT2D eigenvalue weighted by Gasteiger charge is -2.16. The summed E-state index contributed by atoms with van der Waals surface area (Å²) in [5.41, 5.74) is 5.84. The minimum absolute atomic E-state index is 0.0243. The van der Waals surface area contributed by atoms with Crippen molar-refractivity contribution in [3.8, 4) is 11.6 Å². The molecule has 0 amide bonds. The number of rotatable bonds is 5. The van der Waals surface area contributed by atoms with Gasteiger partial charge in [-0.05, 0) is 43.7 Å². The zero-order valence-electron chi connectivity index (χ0n) is 17.4. The van der Waals surface area contributed by atoms with Gasteiger partial charge in [-0.25, -0.2) is 4.57 Å². The first-order valence-electron chi connectivity index (χ1n) is 9.84. The second kappa shape index (κ2) is 8.35. The molecule has 2 N–H and O–H groups in total. The van der Waals surface area contributed by atoms with E-state index in [0.717, 1.165) is 11.1 Å². The zero-order valence-corrected chi connectivity index (χ0v) is 17.4. The van der Waals surface area contributed by atoms with E-state index in [2.05, 4.69) is 10.5 Å². The Morgan fingerprint density at radius 3 is 2.38 bits per heavy atom. The second-order valence-electron chi connectivity index (χ2n) is 7.39. The number of aromatic hydroxyl groups is 1. The standard InChI is InChI=1S/C24H20N4O4/c1-15-7-12-22(16(2)13-15)27-23(29)20-6-4-3-5-19(20)21(24(27)30)14-25-26-17-8-10-18(11-9-17)28(31)32/h3-14,26,30H,1-2H3. The molecule has 160 valence electrons. The lowest BCUT2D eigenvalue weighted by Crippen LogP contribution is -2.21. The molecule has 0 unspecified atom stereocenters. The third-order valence-electron chi connectivity index (χ3n) is 5.16. The Morgan fingerprint density at radius 1 is 1.03 bits per heavy atom. The van der Waals surface area contributed by atoms with Gasteiger partial charge in [-0.2, -0.15) is 5.10 Å². The summed E-state index contributed by atoms with van der Waals surface area (Å²) in [6, 6.07) is 18.4. The highest BCUT2D eigenvalue weighted by Crippen LogP contribution is 2.27. The number of fused-ring (bicyclic) bond motifs is 1. The van der Waals surface area contributed by atoms with Gasteiger partial charge in [0.1, 0.15) is 0 Å². The number of hydrogen-bond acceptors (Lipinski definition) is 6. The van der Waals surface area contributed by atoms with E-state index in [1.165, 1.54) is 35.0 Å². The molecular weight excluding hydrogens is 408 g/mol. The molecule has 0 spiro atoms. The maximum absolute atomic E-state index is 13.2. The number of nitrogens with one attached hydrogen (secondary N) is 1. The van der Waals surface area contributed by atoms with Crippen molar-refractivity contribution in [2.45, 2.75) is 13.8 Å². The Balaban J connectivity index is 1.81. The highest BCUT2D eigenvalue weighted by molar-refractivity contribution is 6.02. The Hall–Kier alpha value is -4.46. The van der Waals surface area contributed by atoms with E-state index in [0.29, 0.717) is 27.7 Å². The average molecular weight is 428 g/mol. The molecule has 1 aromatic heterocycles. The molecule has 0 saturated carbocycles. The minimum Gasteiger partial charge on any atom is -0.494 e.